The Hall–Kier alpha value is -2.16. The summed E-state index contributed by atoms with van der Waals surface area (Å²) >= 11 is 0. The number of nitrogens with one attached hydrogen (secondary N) is 1. The van der Waals surface area contributed by atoms with Crippen molar-refractivity contribution >= 4 is 11.8 Å². The highest BCUT2D eigenvalue weighted by molar-refractivity contribution is 5.75. The van der Waals surface area contributed by atoms with Gasteiger partial charge < -0.3 is 10.4 Å². The number of hydrogen-bond acceptors (Lipinski definition) is 5. The molecule has 0 saturated heterocycles. The smallest absolute Gasteiger partial charge is 0.311 e. The summed E-state index contributed by atoms with van der Waals surface area (Å²) in [6.07, 6.45) is 6.06. The topological polar surface area (TPSA) is 98.9 Å². The summed E-state index contributed by atoms with van der Waals surface area (Å²) in [6.45, 7) is 2.43. The molecule has 0 unspecified atom stereocenters. The Balaban J connectivity index is 2.10. The number of hydrogen-bond donors (Lipinski definition) is 2. The Morgan fingerprint density at radius 1 is 1.50 bits per heavy atom. The summed E-state index contributed by atoms with van der Waals surface area (Å²) in [6, 6.07) is 1.95. The largest absolute Gasteiger partial charge is 0.481 e. The van der Waals surface area contributed by atoms with E-state index < -0.39 is 11.4 Å². The van der Waals surface area contributed by atoms with Gasteiger partial charge in [0.05, 0.1) is 5.41 Å². The van der Waals surface area contributed by atoms with E-state index in [1.807, 2.05) is 6.07 Å². The number of carboxylic acid groups (broad SMARTS) is 1. The summed E-state index contributed by atoms with van der Waals surface area (Å²) < 4.78 is 0. The fourth-order valence-electron chi connectivity index (χ4n) is 2.58. The molecule has 1 aliphatic carbocycles. The molecule has 20 heavy (non-hydrogen) atoms. The molecule has 0 aromatic carbocycles. The fourth-order valence-corrected chi connectivity index (χ4v) is 2.58. The summed E-state index contributed by atoms with van der Waals surface area (Å²) in [7, 11) is 0. The normalized spacial score (nSPS) is 25.7. The average molecular weight is 274 g/mol. The van der Waals surface area contributed by atoms with Crippen LogP contribution in [0.4, 0.5) is 5.82 Å². The van der Waals surface area contributed by atoms with E-state index in [2.05, 4.69) is 22.2 Å². The second kappa shape index (κ2) is 5.87. The summed E-state index contributed by atoms with van der Waals surface area (Å²) in [4.78, 5) is 19.6. The van der Waals surface area contributed by atoms with Crippen LogP contribution < -0.4 is 5.32 Å². The quantitative estimate of drug-likeness (QED) is 0.871. The third kappa shape index (κ3) is 2.87. The van der Waals surface area contributed by atoms with Crippen LogP contribution in [-0.2, 0) is 4.79 Å². The number of aliphatic carboxylic acids is 1. The first-order valence-electron chi connectivity index (χ1n) is 6.76. The van der Waals surface area contributed by atoms with Crippen molar-refractivity contribution in [2.24, 2.45) is 11.3 Å². The molecule has 106 valence electrons. The van der Waals surface area contributed by atoms with Crippen molar-refractivity contribution in [1.29, 1.82) is 5.26 Å². The highest BCUT2D eigenvalue weighted by Gasteiger charge is 2.41. The second-order valence-electron chi connectivity index (χ2n) is 5.49. The minimum Gasteiger partial charge on any atom is -0.481 e. The van der Waals surface area contributed by atoms with Crippen LogP contribution in [0.3, 0.4) is 0 Å². The highest BCUT2D eigenvalue weighted by atomic mass is 16.4. The van der Waals surface area contributed by atoms with Crippen molar-refractivity contribution in [2.75, 3.05) is 11.9 Å². The zero-order chi connectivity index (χ0) is 14.6. The van der Waals surface area contributed by atoms with E-state index in [1.54, 1.807) is 0 Å². The maximum absolute atomic E-state index is 11.6. The van der Waals surface area contributed by atoms with Crippen molar-refractivity contribution in [2.45, 2.75) is 32.6 Å². The number of anilines is 1. The molecule has 0 amide bonds. The van der Waals surface area contributed by atoms with Gasteiger partial charge in [-0.1, -0.05) is 6.92 Å². The van der Waals surface area contributed by atoms with Crippen molar-refractivity contribution in [1.82, 2.24) is 9.97 Å². The van der Waals surface area contributed by atoms with Crippen LogP contribution in [0, 0.1) is 22.7 Å². The van der Waals surface area contributed by atoms with Gasteiger partial charge in [0.25, 0.3) is 0 Å². The Labute approximate surface area is 117 Å². The van der Waals surface area contributed by atoms with Crippen LogP contribution in [0.1, 0.15) is 38.3 Å². The standard InChI is InChI=1S/C14H18N4O2/c1-10-2-4-14(5-3-10,13(19)20)9-18-12-11(8-15)16-6-7-17-12/h6-7,10H,2-5,9H2,1H3,(H,17,18)(H,19,20). The molecular weight excluding hydrogens is 256 g/mol. The lowest BCUT2D eigenvalue weighted by Gasteiger charge is -2.35. The third-order valence-electron chi connectivity index (χ3n) is 4.08. The first kappa shape index (κ1) is 14.3. The Kier molecular flexibility index (Phi) is 4.18. The number of nitriles is 1. The predicted molar refractivity (Wildman–Crippen MR) is 72.9 cm³/mol. The van der Waals surface area contributed by atoms with Gasteiger partial charge in [-0.2, -0.15) is 5.26 Å². The lowest BCUT2D eigenvalue weighted by molar-refractivity contribution is -0.150. The van der Waals surface area contributed by atoms with Crippen LogP contribution in [0.2, 0.25) is 0 Å². The molecule has 6 nitrogen and oxygen atoms in total. The van der Waals surface area contributed by atoms with Gasteiger partial charge in [-0.3, -0.25) is 4.79 Å². The van der Waals surface area contributed by atoms with Gasteiger partial charge in [0, 0.05) is 18.9 Å². The Bertz CT molecular complexity index is 530. The van der Waals surface area contributed by atoms with Gasteiger partial charge in [-0.15, -0.1) is 0 Å². The first-order valence-corrected chi connectivity index (χ1v) is 6.76. The molecule has 6 heteroatoms. The molecule has 0 atom stereocenters. The zero-order valence-corrected chi connectivity index (χ0v) is 11.5. The van der Waals surface area contributed by atoms with Crippen LogP contribution in [-0.4, -0.2) is 27.6 Å². The molecule has 1 aromatic heterocycles. The van der Waals surface area contributed by atoms with Gasteiger partial charge in [-0.05, 0) is 31.6 Å². The van der Waals surface area contributed by atoms with E-state index in [0.29, 0.717) is 24.6 Å². The van der Waals surface area contributed by atoms with Gasteiger partial charge in [0.15, 0.2) is 11.5 Å². The predicted octanol–water partition coefficient (Wildman–Crippen LogP) is 2.04. The fraction of sp³-hybridized carbons (Fsp3) is 0.571. The van der Waals surface area contributed by atoms with Gasteiger partial charge in [0.2, 0.25) is 0 Å². The molecule has 2 N–H and O–H groups in total. The molecule has 1 fully saturated rings. The monoisotopic (exact) mass is 274 g/mol. The summed E-state index contributed by atoms with van der Waals surface area (Å²) in [5.41, 5.74) is -0.575. The van der Waals surface area contributed by atoms with Crippen LogP contribution in [0.5, 0.6) is 0 Å². The van der Waals surface area contributed by atoms with E-state index in [9.17, 15) is 9.90 Å². The van der Waals surface area contributed by atoms with Gasteiger partial charge >= 0.3 is 5.97 Å². The third-order valence-corrected chi connectivity index (χ3v) is 4.08. The lowest BCUT2D eigenvalue weighted by atomic mass is 9.71. The van der Waals surface area contributed by atoms with Crippen molar-refractivity contribution < 1.29 is 9.90 Å². The molecule has 0 bridgehead atoms. The number of rotatable bonds is 4. The highest BCUT2D eigenvalue weighted by Crippen LogP contribution is 2.39. The minimum absolute atomic E-state index is 0.192. The van der Waals surface area contributed by atoms with E-state index in [0.717, 1.165) is 12.8 Å². The van der Waals surface area contributed by atoms with E-state index >= 15 is 0 Å². The Morgan fingerprint density at radius 3 is 2.75 bits per heavy atom. The molecule has 1 aliphatic rings. The first-order chi connectivity index (χ1) is 9.57. The number of nitrogens with zero attached hydrogens (tertiary/aromatic N) is 3. The number of aromatic nitrogens is 2. The molecular formula is C14H18N4O2. The van der Waals surface area contributed by atoms with Crippen LogP contribution in [0.25, 0.3) is 0 Å². The molecule has 1 aromatic rings. The molecule has 0 spiro atoms. The molecule has 0 radical (unpaired) electrons. The van der Waals surface area contributed by atoms with Gasteiger partial charge in [0.1, 0.15) is 6.07 Å². The molecule has 1 saturated carbocycles. The van der Waals surface area contributed by atoms with Crippen molar-refractivity contribution in [3.8, 4) is 6.07 Å². The van der Waals surface area contributed by atoms with E-state index in [4.69, 9.17) is 5.26 Å². The van der Waals surface area contributed by atoms with E-state index in [-0.39, 0.29) is 12.2 Å². The second-order valence-corrected chi connectivity index (χ2v) is 5.49. The maximum atomic E-state index is 11.6. The number of carboxylic acids is 1. The maximum Gasteiger partial charge on any atom is 0.311 e. The lowest BCUT2D eigenvalue weighted by Crippen LogP contribution is -2.41. The molecule has 1 heterocycles. The van der Waals surface area contributed by atoms with Crippen LogP contribution in [0.15, 0.2) is 12.4 Å². The number of carbonyl (C=O) groups is 1. The summed E-state index contributed by atoms with van der Waals surface area (Å²) in [5, 5.41) is 21.5. The molecule has 2 rings (SSSR count). The zero-order valence-electron chi connectivity index (χ0n) is 11.5. The van der Waals surface area contributed by atoms with E-state index in [1.165, 1.54) is 12.4 Å². The van der Waals surface area contributed by atoms with Crippen molar-refractivity contribution in [3.63, 3.8) is 0 Å². The van der Waals surface area contributed by atoms with Crippen LogP contribution >= 0.6 is 0 Å². The average Bonchev–Trinajstić information content (AvgIpc) is 2.47. The molecule has 0 aliphatic heterocycles. The van der Waals surface area contributed by atoms with Gasteiger partial charge in [-0.25, -0.2) is 9.97 Å². The Morgan fingerprint density at radius 2 is 2.15 bits per heavy atom. The van der Waals surface area contributed by atoms with Crippen molar-refractivity contribution in [3.05, 3.63) is 18.1 Å². The SMILES string of the molecule is CC1CCC(CNc2nccnc2C#N)(C(=O)O)CC1. The summed E-state index contributed by atoms with van der Waals surface area (Å²) in [5.74, 6) is 0.155. The minimum atomic E-state index is -0.778.